The third-order valence-corrected chi connectivity index (χ3v) is 4.65. The third kappa shape index (κ3) is 6.78. The van der Waals surface area contributed by atoms with Crippen molar-refractivity contribution >= 4 is 15.9 Å². The predicted molar refractivity (Wildman–Crippen MR) is 80.0 cm³/mol. The summed E-state index contributed by atoms with van der Waals surface area (Å²) in [5, 5.41) is 1.12. The number of hydrogen-bond donors (Lipinski definition) is 0. The minimum atomic E-state index is 0.452. The molecule has 0 aromatic heterocycles. The van der Waals surface area contributed by atoms with Gasteiger partial charge in [-0.05, 0) is 24.8 Å². The van der Waals surface area contributed by atoms with Crippen LogP contribution in [0.4, 0.5) is 0 Å². The van der Waals surface area contributed by atoms with Gasteiger partial charge in [-0.15, -0.1) is 0 Å². The lowest BCUT2D eigenvalue weighted by molar-refractivity contribution is 0.108. The average molecular weight is 308 g/mol. The summed E-state index contributed by atoms with van der Waals surface area (Å²) in [5.74, 6) is 0. The van der Waals surface area contributed by atoms with E-state index in [1.54, 1.807) is 7.11 Å². The molecule has 0 amide bonds. The van der Waals surface area contributed by atoms with Gasteiger partial charge in [-0.1, -0.05) is 49.5 Å². The standard InChI is InChI=1S/C14H30BrNO/c1-5-8-14(12-15,9-6-2)13-16(7-3)10-11-17-4/h5-13H2,1-4H3. The SMILES string of the molecule is CCCC(CBr)(CCC)CN(CC)CCOC. The van der Waals surface area contributed by atoms with Crippen LogP contribution in [0.25, 0.3) is 0 Å². The minimum Gasteiger partial charge on any atom is -0.383 e. The molecular formula is C14H30BrNO. The van der Waals surface area contributed by atoms with Crippen molar-refractivity contribution < 1.29 is 4.74 Å². The highest BCUT2D eigenvalue weighted by Crippen LogP contribution is 2.33. The first-order valence-electron chi connectivity index (χ1n) is 6.95. The average Bonchev–Trinajstić information content (AvgIpc) is 2.34. The van der Waals surface area contributed by atoms with Crippen molar-refractivity contribution in [3.05, 3.63) is 0 Å². The molecule has 0 aliphatic carbocycles. The maximum absolute atomic E-state index is 5.19. The summed E-state index contributed by atoms with van der Waals surface area (Å²) in [6, 6.07) is 0. The number of methoxy groups -OCH3 is 1. The van der Waals surface area contributed by atoms with Gasteiger partial charge in [0.25, 0.3) is 0 Å². The molecule has 3 heteroatoms. The van der Waals surface area contributed by atoms with Crippen molar-refractivity contribution in [2.45, 2.75) is 46.5 Å². The van der Waals surface area contributed by atoms with Crippen molar-refractivity contribution in [2.24, 2.45) is 5.41 Å². The van der Waals surface area contributed by atoms with E-state index in [-0.39, 0.29) is 0 Å². The van der Waals surface area contributed by atoms with Crippen molar-refractivity contribution in [2.75, 3.05) is 38.7 Å². The van der Waals surface area contributed by atoms with Crippen LogP contribution in [0.15, 0.2) is 0 Å². The highest BCUT2D eigenvalue weighted by atomic mass is 79.9. The largest absolute Gasteiger partial charge is 0.383 e. The van der Waals surface area contributed by atoms with Gasteiger partial charge in [0.05, 0.1) is 6.61 Å². The first kappa shape index (κ1) is 17.4. The Morgan fingerprint density at radius 3 is 2.06 bits per heavy atom. The maximum Gasteiger partial charge on any atom is 0.0589 e. The Hall–Kier alpha value is 0.400. The number of nitrogens with zero attached hydrogens (tertiary/aromatic N) is 1. The molecule has 0 bridgehead atoms. The normalized spacial score (nSPS) is 12.4. The Balaban J connectivity index is 4.44. The van der Waals surface area contributed by atoms with Crippen LogP contribution in [-0.4, -0.2) is 43.6 Å². The molecule has 0 aliphatic heterocycles. The molecule has 0 saturated carbocycles. The van der Waals surface area contributed by atoms with Crippen LogP contribution in [0, 0.1) is 5.41 Å². The van der Waals surface area contributed by atoms with Gasteiger partial charge in [0.2, 0.25) is 0 Å². The van der Waals surface area contributed by atoms with Crippen molar-refractivity contribution in [1.82, 2.24) is 4.90 Å². The second-order valence-electron chi connectivity index (χ2n) is 5.00. The van der Waals surface area contributed by atoms with Crippen molar-refractivity contribution in [3.8, 4) is 0 Å². The van der Waals surface area contributed by atoms with E-state index in [1.165, 1.54) is 32.2 Å². The molecule has 0 fully saturated rings. The Labute approximate surface area is 116 Å². The van der Waals surface area contributed by atoms with Crippen LogP contribution < -0.4 is 0 Å². The lowest BCUT2D eigenvalue weighted by atomic mass is 9.80. The van der Waals surface area contributed by atoms with E-state index in [2.05, 4.69) is 41.6 Å². The van der Waals surface area contributed by atoms with Crippen LogP contribution in [0.1, 0.15) is 46.5 Å². The monoisotopic (exact) mass is 307 g/mol. The summed E-state index contributed by atoms with van der Waals surface area (Å²) in [4.78, 5) is 2.52. The number of ether oxygens (including phenoxy) is 1. The molecule has 0 aromatic carbocycles. The fraction of sp³-hybridized carbons (Fsp3) is 1.00. The third-order valence-electron chi connectivity index (χ3n) is 3.46. The zero-order chi connectivity index (χ0) is 13.1. The number of likely N-dealkylation sites (N-methyl/N-ethyl adjacent to an activating group) is 1. The van der Waals surface area contributed by atoms with E-state index < -0.39 is 0 Å². The van der Waals surface area contributed by atoms with Crippen LogP contribution in [0.3, 0.4) is 0 Å². The molecule has 0 aliphatic rings. The summed E-state index contributed by atoms with van der Waals surface area (Å²) in [7, 11) is 1.78. The Bertz CT molecular complexity index is 170. The molecule has 0 heterocycles. The van der Waals surface area contributed by atoms with E-state index in [0.717, 1.165) is 25.0 Å². The van der Waals surface area contributed by atoms with Gasteiger partial charge in [-0.3, -0.25) is 0 Å². The lowest BCUT2D eigenvalue weighted by Gasteiger charge is -2.37. The van der Waals surface area contributed by atoms with Gasteiger partial charge in [0, 0.05) is 25.5 Å². The van der Waals surface area contributed by atoms with Crippen molar-refractivity contribution in [1.29, 1.82) is 0 Å². The van der Waals surface area contributed by atoms with Gasteiger partial charge in [-0.2, -0.15) is 0 Å². The summed E-state index contributed by atoms with van der Waals surface area (Å²) in [6.07, 6.45) is 5.17. The number of halogens is 1. The van der Waals surface area contributed by atoms with Crippen LogP contribution in [0.2, 0.25) is 0 Å². The van der Waals surface area contributed by atoms with E-state index in [0.29, 0.717) is 5.41 Å². The molecule has 0 saturated heterocycles. The quantitative estimate of drug-likeness (QED) is 0.536. The second kappa shape index (κ2) is 10.3. The van der Waals surface area contributed by atoms with E-state index in [9.17, 15) is 0 Å². The molecule has 0 N–H and O–H groups in total. The first-order chi connectivity index (χ1) is 8.17. The van der Waals surface area contributed by atoms with E-state index in [4.69, 9.17) is 4.74 Å². The van der Waals surface area contributed by atoms with Gasteiger partial charge >= 0.3 is 0 Å². The molecule has 17 heavy (non-hydrogen) atoms. The highest BCUT2D eigenvalue weighted by Gasteiger charge is 2.29. The van der Waals surface area contributed by atoms with E-state index >= 15 is 0 Å². The molecule has 104 valence electrons. The Morgan fingerprint density at radius 1 is 1.12 bits per heavy atom. The van der Waals surface area contributed by atoms with Crippen LogP contribution in [0.5, 0.6) is 0 Å². The van der Waals surface area contributed by atoms with E-state index in [1.807, 2.05) is 0 Å². The molecular weight excluding hydrogens is 278 g/mol. The zero-order valence-electron chi connectivity index (χ0n) is 12.1. The zero-order valence-corrected chi connectivity index (χ0v) is 13.7. The van der Waals surface area contributed by atoms with Crippen LogP contribution in [-0.2, 0) is 4.74 Å². The summed E-state index contributed by atoms with van der Waals surface area (Å²) in [6.45, 7) is 11.0. The van der Waals surface area contributed by atoms with Gasteiger partial charge in [0.15, 0.2) is 0 Å². The van der Waals surface area contributed by atoms with Crippen molar-refractivity contribution in [3.63, 3.8) is 0 Å². The molecule has 0 aromatic rings. The summed E-state index contributed by atoms with van der Waals surface area (Å²) >= 11 is 3.74. The predicted octanol–water partition coefficient (Wildman–Crippen LogP) is 3.94. The van der Waals surface area contributed by atoms with Gasteiger partial charge < -0.3 is 9.64 Å². The molecule has 0 atom stereocenters. The summed E-state index contributed by atoms with van der Waals surface area (Å²) in [5.41, 5.74) is 0.452. The fourth-order valence-corrected chi connectivity index (χ4v) is 3.30. The molecule has 2 nitrogen and oxygen atoms in total. The maximum atomic E-state index is 5.19. The topological polar surface area (TPSA) is 12.5 Å². The summed E-state index contributed by atoms with van der Waals surface area (Å²) < 4.78 is 5.19. The second-order valence-corrected chi connectivity index (χ2v) is 5.56. The minimum absolute atomic E-state index is 0.452. The Kier molecular flexibility index (Phi) is 10.6. The molecule has 0 unspecified atom stereocenters. The van der Waals surface area contributed by atoms with Gasteiger partial charge in [0.1, 0.15) is 0 Å². The highest BCUT2D eigenvalue weighted by molar-refractivity contribution is 9.09. The number of rotatable bonds is 11. The molecule has 0 spiro atoms. The molecule has 0 rings (SSSR count). The smallest absolute Gasteiger partial charge is 0.0589 e. The van der Waals surface area contributed by atoms with Gasteiger partial charge in [-0.25, -0.2) is 0 Å². The van der Waals surface area contributed by atoms with Crippen LogP contribution >= 0.6 is 15.9 Å². The first-order valence-corrected chi connectivity index (χ1v) is 8.07. The lowest BCUT2D eigenvalue weighted by Crippen LogP contribution is -2.40. The fourth-order valence-electron chi connectivity index (χ4n) is 2.56. The number of hydrogen-bond acceptors (Lipinski definition) is 2. The number of alkyl halides is 1. The Morgan fingerprint density at radius 2 is 1.71 bits per heavy atom. The molecule has 0 radical (unpaired) electrons.